The van der Waals surface area contributed by atoms with Gasteiger partial charge in [0.1, 0.15) is 18.6 Å². The van der Waals surface area contributed by atoms with Crippen molar-refractivity contribution in [3.05, 3.63) is 70.8 Å². The van der Waals surface area contributed by atoms with Crippen LogP contribution in [-0.2, 0) is 9.59 Å². The number of hydrogen-bond acceptors (Lipinski definition) is 7. The van der Waals surface area contributed by atoms with E-state index in [-0.39, 0.29) is 12.5 Å². The number of hydrogen-bond donors (Lipinski definition) is 1. The van der Waals surface area contributed by atoms with Gasteiger partial charge in [-0.25, -0.2) is 0 Å². The Bertz CT molecular complexity index is 1150. The molecule has 1 fully saturated rings. The van der Waals surface area contributed by atoms with Crippen LogP contribution in [0.2, 0.25) is 0 Å². The average molecular weight is 491 g/mol. The quantitative estimate of drug-likeness (QED) is 0.486. The van der Waals surface area contributed by atoms with Crippen LogP contribution in [0.15, 0.2) is 48.5 Å². The third kappa shape index (κ3) is 4.49. The molecule has 0 saturated heterocycles. The van der Waals surface area contributed by atoms with Crippen molar-refractivity contribution in [2.45, 2.75) is 44.2 Å². The highest BCUT2D eigenvalue weighted by Crippen LogP contribution is 2.31. The van der Waals surface area contributed by atoms with Gasteiger partial charge in [0, 0.05) is 0 Å². The minimum Gasteiger partial charge on any atom is -0.390 e. The number of nitrogens with zero attached hydrogens (tertiary/aromatic N) is 2. The van der Waals surface area contributed by atoms with E-state index in [4.69, 9.17) is 0 Å². The first-order valence-electron chi connectivity index (χ1n) is 11.9. The summed E-state index contributed by atoms with van der Waals surface area (Å²) < 4.78 is 0. The molecule has 2 atom stereocenters. The maximum Gasteiger partial charge on any atom is 0.262 e. The lowest BCUT2D eigenvalue weighted by molar-refractivity contribution is -0.116. The normalized spacial score (nSPS) is 18.8. The fourth-order valence-corrected chi connectivity index (χ4v) is 5.01. The van der Waals surface area contributed by atoms with Crippen molar-refractivity contribution in [1.29, 1.82) is 0 Å². The first kappa shape index (κ1) is 25.1. The summed E-state index contributed by atoms with van der Waals surface area (Å²) in [6.07, 6.45) is 4.89. The standard InChI is InChI=1S/C17H19NO4.C10H7NO3/c19-10-14(15(20)11-6-2-1-3-7-11)18-16(21)12-8-4-5-9-13(12)17(18)22;12-6-5-11-9(13)7-3-1-2-4-8(7)10(11)14/h4-5,8-11,14-15,20H,1-3,6-7H2;1-4,6H,5H2/t14-,15+;/m1./s1. The van der Waals surface area contributed by atoms with Crippen LogP contribution >= 0.6 is 0 Å². The van der Waals surface area contributed by atoms with E-state index in [1.807, 2.05) is 0 Å². The number of carbonyl (C=O) groups excluding carboxylic acids is 6. The molecule has 2 aromatic rings. The van der Waals surface area contributed by atoms with E-state index in [0.29, 0.717) is 34.8 Å². The number of aliphatic hydroxyl groups excluding tert-OH is 1. The highest BCUT2D eigenvalue weighted by Gasteiger charge is 2.44. The summed E-state index contributed by atoms with van der Waals surface area (Å²) in [6, 6.07) is 12.0. The van der Waals surface area contributed by atoms with Gasteiger partial charge in [0.25, 0.3) is 23.6 Å². The number of aliphatic hydroxyl groups is 1. The van der Waals surface area contributed by atoms with Gasteiger partial charge in [0.2, 0.25) is 0 Å². The number of benzene rings is 2. The molecule has 2 aliphatic heterocycles. The molecule has 3 aliphatic rings. The number of carbonyl (C=O) groups is 6. The summed E-state index contributed by atoms with van der Waals surface area (Å²) in [7, 11) is 0. The average Bonchev–Trinajstić information content (AvgIpc) is 3.31. The molecule has 0 spiro atoms. The Balaban J connectivity index is 0.000000187. The van der Waals surface area contributed by atoms with E-state index in [9.17, 15) is 33.9 Å². The molecule has 2 aromatic carbocycles. The molecule has 36 heavy (non-hydrogen) atoms. The Morgan fingerprint density at radius 1 is 0.750 bits per heavy atom. The molecule has 186 valence electrons. The second-order valence-corrected chi connectivity index (χ2v) is 8.97. The fraction of sp³-hybridized carbons (Fsp3) is 0.333. The first-order chi connectivity index (χ1) is 17.4. The van der Waals surface area contributed by atoms with Gasteiger partial charge >= 0.3 is 0 Å². The van der Waals surface area contributed by atoms with Crippen LogP contribution in [0, 0.1) is 5.92 Å². The minimum absolute atomic E-state index is 0.0340. The Hall–Kier alpha value is -3.98. The molecule has 9 nitrogen and oxygen atoms in total. The monoisotopic (exact) mass is 490 g/mol. The lowest BCUT2D eigenvalue weighted by atomic mass is 9.82. The van der Waals surface area contributed by atoms with Crippen molar-refractivity contribution >= 4 is 36.2 Å². The van der Waals surface area contributed by atoms with E-state index in [2.05, 4.69) is 0 Å². The molecular weight excluding hydrogens is 464 g/mol. The van der Waals surface area contributed by atoms with Gasteiger partial charge in [-0.2, -0.15) is 0 Å². The Morgan fingerprint density at radius 2 is 1.19 bits per heavy atom. The molecule has 0 bridgehead atoms. The number of amides is 4. The molecule has 9 heteroatoms. The van der Waals surface area contributed by atoms with Crippen molar-refractivity contribution < 1.29 is 33.9 Å². The van der Waals surface area contributed by atoms with Gasteiger partial charge in [-0.05, 0) is 43.0 Å². The maximum atomic E-state index is 12.4. The number of aldehydes is 2. The van der Waals surface area contributed by atoms with Gasteiger partial charge in [-0.3, -0.25) is 29.0 Å². The Morgan fingerprint density at radius 3 is 1.61 bits per heavy atom. The lowest BCUT2D eigenvalue weighted by Crippen LogP contribution is -2.50. The Labute approximate surface area is 207 Å². The number of fused-ring (bicyclic) bond motifs is 2. The van der Waals surface area contributed by atoms with E-state index >= 15 is 0 Å². The Kier molecular flexibility index (Phi) is 7.49. The third-order valence-electron chi connectivity index (χ3n) is 6.88. The van der Waals surface area contributed by atoms with Gasteiger partial charge in [-0.15, -0.1) is 0 Å². The second kappa shape index (κ2) is 10.7. The molecule has 4 amide bonds. The molecule has 2 heterocycles. The molecule has 5 rings (SSSR count). The summed E-state index contributed by atoms with van der Waals surface area (Å²) in [5.41, 5.74) is 1.35. The zero-order valence-electron chi connectivity index (χ0n) is 19.5. The topological polar surface area (TPSA) is 129 Å². The molecule has 1 aliphatic carbocycles. The summed E-state index contributed by atoms with van der Waals surface area (Å²) in [5.74, 6) is -1.80. The highest BCUT2D eigenvalue weighted by molar-refractivity contribution is 6.23. The zero-order chi connectivity index (χ0) is 25.8. The summed E-state index contributed by atoms with van der Waals surface area (Å²) in [4.78, 5) is 71.6. The molecule has 0 aromatic heterocycles. The van der Waals surface area contributed by atoms with Crippen molar-refractivity contribution in [3.8, 4) is 0 Å². The van der Waals surface area contributed by atoms with Crippen molar-refractivity contribution in [2.24, 2.45) is 5.92 Å². The fourth-order valence-electron chi connectivity index (χ4n) is 5.01. The first-order valence-corrected chi connectivity index (χ1v) is 11.9. The number of imide groups is 2. The van der Waals surface area contributed by atoms with Crippen molar-refractivity contribution in [1.82, 2.24) is 9.80 Å². The summed E-state index contributed by atoms with van der Waals surface area (Å²) >= 11 is 0. The van der Waals surface area contributed by atoms with Gasteiger partial charge in [-0.1, -0.05) is 43.5 Å². The van der Waals surface area contributed by atoms with Crippen LogP contribution in [0.4, 0.5) is 0 Å². The second-order valence-electron chi connectivity index (χ2n) is 8.97. The minimum atomic E-state index is -1.10. The predicted octanol–water partition coefficient (Wildman–Crippen LogP) is 2.27. The van der Waals surface area contributed by atoms with Crippen LogP contribution in [0.3, 0.4) is 0 Å². The van der Waals surface area contributed by atoms with E-state index in [0.717, 1.165) is 41.9 Å². The van der Waals surface area contributed by atoms with Crippen LogP contribution in [-0.4, -0.2) is 69.8 Å². The van der Waals surface area contributed by atoms with E-state index in [1.54, 1.807) is 48.5 Å². The van der Waals surface area contributed by atoms with Crippen LogP contribution in [0.1, 0.15) is 73.5 Å². The van der Waals surface area contributed by atoms with Gasteiger partial charge < -0.3 is 14.7 Å². The van der Waals surface area contributed by atoms with Gasteiger partial charge in [0.05, 0.1) is 34.9 Å². The van der Waals surface area contributed by atoms with E-state index in [1.165, 1.54) is 0 Å². The SMILES string of the molecule is O=CCN1C(=O)c2ccccc2C1=O.O=C[C@H]([C@@H](O)C1CCCCC1)N1C(=O)c2ccccc2C1=O. The van der Waals surface area contributed by atoms with Gasteiger partial charge in [0.15, 0.2) is 0 Å². The smallest absolute Gasteiger partial charge is 0.262 e. The van der Waals surface area contributed by atoms with Crippen LogP contribution in [0.5, 0.6) is 0 Å². The highest BCUT2D eigenvalue weighted by atomic mass is 16.3. The maximum absolute atomic E-state index is 12.4. The van der Waals surface area contributed by atoms with E-state index < -0.39 is 35.8 Å². The summed E-state index contributed by atoms with van der Waals surface area (Å²) in [5, 5.41) is 10.5. The zero-order valence-corrected chi connectivity index (χ0v) is 19.5. The molecule has 0 radical (unpaired) electrons. The van der Waals surface area contributed by atoms with Crippen LogP contribution in [0.25, 0.3) is 0 Å². The largest absolute Gasteiger partial charge is 0.390 e. The lowest BCUT2D eigenvalue weighted by Gasteiger charge is -2.33. The predicted molar refractivity (Wildman–Crippen MR) is 127 cm³/mol. The molecular formula is C27H26N2O7. The van der Waals surface area contributed by atoms with Crippen molar-refractivity contribution in [3.63, 3.8) is 0 Å². The number of rotatable bonds is 6. The molecule has 1 N–H and O–H groups in total. The third-order valence-corrected chi connectivity index (χ3v) is 6.88. The summed E-state index contributed by atoms with van der Waals surface area (Å²) in [6.45, 7) is -0.174. The molecule has 0 unspecified atom stereocenters. The molecule has 1 saturated carbocycles. The van der Waals surface area contributed by atoms with Crippen molar-refractivity contribution in [2.75, 3.05) is 6.54 Å². The van der Waals surface area contributed by atoms with Crippen LogP contribution < -0.4 is 0 Å².